The van der Waals surface area contributed by atoms with Gasteiger partial charge >= 0.3 is 0 Å². The second-order valence-corrected chi connectivity index (χ2v) is 5.62. The fourth-order valence-corrected chi connectivity index (χ4v) is 2.72. The molecule has 25 heavy (non-hydrogen) atoms. The minimum absolute atomic E-state index is 0.151. The molecule has 6 nitrogen and oxygen atoms in total. The molecular weight excluding hydrogens is 316 g/mol. The Balaban J connectivity index is 2.15. The first-order valence-corrected chi connectivity index (χ1v) is 8.13. The van der Waals surface area contributed by atoms with Crippen molar-refractivity contribution in [2.75, 3.05) is 19.4 Å². The predicted octanol–water partition coefficient (Wildman–Crippen LogP) is 3.03. The summed E-state index contributed by atoms with van der Waals surface area (Å²) >= 11 is 0. The number of anilines is 1. The number of hydrogen-bond acceptors (Lipinski definition) is 5. The van der Waals surface area contributed by atoms with Crippen LogP contribution >= 0.6 is 0 Å². The van der Waals surface area contributed by atoms with Gasteiger partial charge in [0.2, 0.25) is 0 Å². The minimum atomic E-state index is -0.309. The standard InChI is InChI=1S/C19H20N4O2/c1-3-11-21-19(24)18-16(20)14-9-6-8-13(17(14)22-23-18)12-7-4-5-10-15(12)25-2/h4-10H,3,11H2,1-2H3,(H2,20,22)(H,21,24). The average molecular weight is 336 g/mol. The number of nitrogens with one attached hydrogen (secondary N) is 1. The van der Waals surface area contributed by atoms with Gasteiger partial charge in [-0.1, -0.05) is 43.3 Å². The number of aromatic nitrogens is 2. The Morgan fingerprint density at radius 1 is 1.12 bits per heavy atom. The molecule has 0 radical (unpaired) electrons. The van der Waals surface area contributed by atoms with E-state index in [4.69, 9.17) is 10.5 Å². The highest BCUT2D eigenvalue weighted by Crippen LogP contribution is 2.35. The van der Waals surface area contributed by atoms with E-state index in [1.807, 2.05) is 49.4 Å². The lowest BCUT2D eigenvalue weighted by Crippen LogP contribution is -2.26. The summed E-state index contributed by atoms with van der Waals surface area (Å²) in [5, 5.41) is 11.8. The third-order valence-corrected chi connectivity index (χ3v) is 3.98. The molecule has 0 saturated carbocycles. The summed E-state index contributed by atoms with van der Waals surface area (Å²) in [6.07, 6.45) is 0.838. The first kappa shape index (κ1) is 16.7. The third kappa shape index (κ3) is 3.10. The molecule has 0 spiro atoms. The number of carbonyl (C=O) groups is 1. The molecule has 3 N–H and O–H groups in total. The van der Waals surface area contributed by atoms with Gasteiger partial charge in [0.15, 0.2) is 5.69 Å². The lowest BCUT2D eigenvalue weighted by atomic mass is 10.0. The number of nitrogen functional groups attached to an aromatic ring is 1. The first-order valence-electron chi connectivity index (χ1n) is 8.13. The molecular formula is C19H20N4O2. The SMILES string of the molecule is CCCNC(=O)c1nnc2c(-c3ccccc3OC)cccc2c1N. The first-order chi connectivity index (χ1) is 12.2. The Bertz CT molecular complexity index is 924. The molecule has 0 saturated heterocycles. The van der Waals surface area contributed by atoms with Gasteiger partial charge in [0.05, 0.1) is 12.8 Å². The fraction of sp³-hybridized carbons (Fsp3) is 0.211. The van der Waals surface area contributed by atoms with E-state index in [1.54, 1.807) is 7.11 Å². The highest BCUT2D eigenvalue weighted by Gasteiger charge is 2.17. The second kappa shape index (κ2) is 7.17. The maximum absolute atomic E-state index is 12.2. The molecule has 0 aliphatic rings. The zero-order chi connectivity index (χ0) is 17.8. The summed E-state index contributed by atoms with van der Waals surface area (Å²) in [6, 6.07) is 13.3. The van der Waals surface area contributed by atoms with Gasteiger partial charge in [-0.25, -0.2) is 0 Å². The van der Waals surface area contributed by atoms with E-state index in [1.165, 1.54) is 0 Å². The van der Waals surface area contributed by atoms with Crippen molar-refractivity contribution in [2.45, 2.75) is 13.3 Å². The lowest BCUT2D eigenvalue weighted by Gasteiger charge is -2.12. The Hall–Kier alpha value is -3.15. The summed E-state index contributed by atoms with van der Waals surface area (Å²) in [7, 11) is 1.63. The Morgan fingerprint density at radius 2 is 1.88 bits per heavy atom. The number of nitrogens with zero attached hydrogens (tertiary/aromatic N) is 2. The van der Waals surface area contributed by atoms with E-state index >= 15 is 0 Å². The molecule has 3 rings (SSSR count). The van der Waals surface area contributed by atoms with Crippen LogP contribution in [-0.4, -0.2) is 29.8 Å². The van der Waals surface area contributed by atoms with E-state index in [0.29, 0.717) is 23.1 Å². The predicted molar refractivity (Wildman–Crippen MR) is 98.6 cm³/mol. The summed E-state index contributed by atoms with van der Waals surface area (Å²) in [6.45, 7) is 2.55. The monoisotopic (exact) mass is 336 g/mol. The molecule has 6 heteroatoms. The molecule has 2 aromatic carbocycles. The molecule has 1 aromatic heterocycles. The number of benzene rings is 2. The maximum Gasteiger partial charge on any atom is 0.273 e. The van der Waals surface area contributed by atoms with E-state index in [-0.39, 0.29) is 11.6 Å². The summed E-state index contributed by atoms with van der Waals surface area (Å²) < 4.78 is 5.44. The van der Waals surface area contributed by atoms with Crippen LogP contribution in [0.2, 0.25) is 0 Å². The smallest absolute Gasteiger partial charge is 0.273 e. The van der Waals surface area contributed by atoms with Crippen molar-refractivity contribution >= 4 is 22.5 Å². The minimum Gasteiger partial charge on any atom is -0.496 e. The Morgan fingerprint density at radius 3 is 2.64 bits per heavy atom. The van der Waals surface area contributed by atoms with Crippen LogP contribution in [-0.2, 0) is 0 Å². The average Bonchev–Trinajstić information content (AvgIpc) is 2.66. The van der Waals surface area contributed by atoms with Crippen LogP contribution in [0.3, 0.4) is 0 Å². The van der Waals surface area contributed by atoms with Gasteiger partial charge in [0, 0.05) is 23.1 Å². The van der Waals surface area contributed by atoms with Crippen molar-refractivity contribution in [1.82, 2.24) is 15.5 Å². The van der Waals surface area contributed by atoms with Gasteiger partial charge < -0.3 is 15.8 Å². The van der Waals surface area contributed by atoms with E-state index in [9.17, 15) is 4.79 Å². The molecule has 0 aliphatic heterocycles. The van der Waals surface area contributed by atoms with Gasteiger partial charge in [-0.05, 0) is 12.5 Å². The normalized spacial score (nSPS) is 10.6. The highest BCUT2D eigenvalue weighted by molar-refractivity contribution is 6.07. The molecule has 1 amide bonds. The van der Waals surface area contributed by atoms with Crippen LogP contribution in [0.1, 0.15) is 23.8 Å². The number of nitrogens with two attached hydrogens (primary N) is 1. The van der Waals surface area contributed by atoms with Gasteiger partial charge in [0.25, 0.3) is 5.91 Å². The van der Waals surface area contributed by atoms with Crippen molar-refractivity contribution < 1.29 is 9.53 Å². The summed E-state index contributed by atoms with van der Waals surface area (Å²) in [5.41, 5.74) is 9.08. The van der Waals surface area contributed by atoms with Crippen LogP contribution in [0, 0.1) is 0 Å². The third-order valence-electron chi connectivity index (χ3n) is 3.98. The number of methoxy groups -OCH3 is 1. The number of hydrogen-bond donors (Lipinski definition) is 2. The number of amides is 1. The fourth-order valence-electron chi connectivity index (χ4n) is 2.72. The zero-order valence-corrected chi connectivity index (χ0v) is 14.2. The molecule has 1 heterocycles. The van der Waals surface area contributed by atoms with Crippen molar-refractivity contribution in [3.05, 3.63) is 48.2 Å². The highest BCUT2D eigenvalue weighted by atomic mass is 16.5. The molecule has 0 unspecified atom stereocenters. The summed E-state index contributed by atoms with van der Waals surface area (Å²) in [5.74, 6) is 0.427. The Labute approximate surface area is 146 Å². The maximum atomic E-state index is 12.2. The molecule has 0 aliphatic carbocycles. The number of ether oxygens (including phenoxy) is 1. The number of rotatable bonds is 5. The summed E-state index contributed by atoms with van der Waals surface area (Å²) in [4.78, 5) is 12.2. The topological polar surface area (TPSA) is 90.1 Å². The van der Waals surface area contributed by atoms with Crippen molar-refractivity contribution in [3.63, 3.8) is 0 Å². The van der Waals surface area contributed by atoms with Gasteiger partial charge in [-0.2, -0.15) is 0 Å². The largest absolute Gasteiger partial charge is 0.496 e. The van der Waals surface area contributed by atoms with Crippen molar-refractivity contribution in [2.24, 2.45) is 0 Å². The number of fused-ring (bicyclic) bond motifs is 1. The number of para-hydroxylation sites is 1. The van der Waals surface area contributed by atoms with Crippen LogP contribution in [0.15, 0.2) is 42.5 Å². The number of carbonyl (C=O) groups excluding carboxylic acids is 1. The van der Waals surface area contributed by atoms with Crippen LogP contribution in [0.5, 0.6) is 5.75 Å². The van der Waals surface area contributed by atoms with E-state index in [0.717, 1.165) is 23.3 Å². The second-order valence-electron chi connectivity index (χ2n) is 5.62. The molecule has 128 valence electrons. The lowest BCUT2D eigenvalue weighted by molar-refractivity contribution is 0.0949. The van der Waals surface area contributed by atoms with Gasteiger partial charge in [-0.3, -0.25) is 4.79 Å². The van der Waals surface area contributed by atoms with Gasteiger partial charge in [-0.15, -0.1) is 10.2 Å². The van der Waals surface area contributed by atoms with Crippen molar-refractivity contribution in [3.8, 4) is 16.9 Å². The zero-order valence-electron chi connectivity index (χ0n) is 14.2. The van der Waals surface area contributed by atoms with Crippen LogP contribution < -0.4 is 15.8 Å². The molecule has 0 bridgehead atoms. The quantitative estimate of drug-likeness (QED) is 0.747. The van der Waals surface area contributed by atoms with E-state index in [2.05, 4.69) is 15.5 Å². The van der Waals surface area contributed by atoms with E-state index < -0.39 is 0 Å². The van der Waals surface area contributed by atoms with Crippen LogP contribution in [0.4, 0.5) is 5.69 Å². The van der Waals surface area contributed by atoms with Crippen LogP contribution in [0.25, 0.3) is 22.0 Å². The van der Waals surface area contributed by atoms with Crippen molar-refractivity contribution in [1.29, 1.82) is 0 Å². The molecule has 3 aromatic rings. The molecule has 0 fully saturated rings. The Kier molecular flexibility index (Phi) is 4.79. The molecule has 0 atom stereocenters. The van der Waals surface area contributed by atoms with Gasteiger partial charge in [0.1, 0.15) is 11.3 Å².